The van der Waals surface area contributed by atoms with Gasteiger partial charge in [0.1, 0.15) is 11.8 Å². The van der Waals surface area contributed by atoms with Gasteiger partial charge in [0.15, 0.2) is 0 Å². The first-order valence-electron chi connectivity index (χ1n) is 11.3. The van der Waals surface area contributed by atoms with Crippen molar-refractivity contribution in [2.24, 2.45) is 0 Å². The molecule has 1 spiro atoms. The Labute approximate surface area is 187 Å². The first kappa shape index (κ1) is 23.3. The van der Waals surface area contributed by atoms with E-state index < -0.39 is 23.6 Å². The number of fused-ring (bicyclic) bond motifs is 1. The Morgan fingerprint density at radius 2 is 1.97 bits per heavy atom. The second-order valence-corrected chi connectivity index (χ2v) is 9.00. The van der Waals surface area contributed by atoms with E-state index in [1.165, 1.54) is 6.07 Å². The summed E-state index contributed by atoms with van der Waals surface area (Å²) in [4.78, 5) is 17.1. The van der Waals surface area contributed by atoms with Gasteiger partial charge in [-0.05, 0) is 62.5 Å². The van der Waals surface area contributed by atoms with Crippen LogP contribution in [0.2, 0.25) is 0 Å². The zero-order valence-corrected chi connectivity index (χ0v) is 18.9. The molecule has 0 saturated carbocycles. The normalized spacial score (nSPS) is 26.2. The topological polar surface area (TPSA) is 42.0 Å². The van der Waals surface area contributed by atoms with Crippen molar-refractivity contribution >= 4 is 5.97 Å². The minimum Gasteiger partial charge on any atom is -0.451 e. The minimum absolute atomic E-state index is 0.316. The van der Waals surface area contributed by atoms with E-state index in [0.717, 1.165) is 49.7 Å². The molecule has 1 fully saturated rings. The molecule has 8 heteroatoms. The summed E-state index contributed by atoms with van der Waals surface area (Å²) >= 11 is 0. The molecule has 0 radical (unpaired) electrons. The van der Waals surface area contributed by atoms with E-state index in [1.54, 1.807) is 20.1 Å². The van der Waals surface area contributed by atoms with E-state index >= 15 is 0 Å². The van der Waals surface area contributed by atoms with Crippen LogP contribution < -0.4 is 0 Å². The summed E-state index contributed by atoms with van der Waals surface area (Å²) in [6.07, 6.45) is -1.93. The smallest absolute Gasteiger partial charge is 0.416 e. The zero-order chi connectivity index (χ0) is 23.1. The highest BCUT2D eigenvalue weighted by Crippen LogP contribution is 2.44. The van der Waals surface area contributed by atoms with Crippen LogP contribution >= 0.6 is 0 Å². The highest BCUT2D eigenvalue weighted by Gasteiger charge is 2.51. The third-order valence-electron chi connectivity index (χ3n) is 7.20. The molecule has 3 aliphatic heterocycles. The number of benzene rings is 1. The van der Waals surface area contributed by atoms with Gasteiger partial charge in [0.05, 0.1) is 5.56 Å². The molecule has 0 aliphatic carbocycles. The fraction of sp³-hybridized carbons (Fsp3) is 0.625. The van der Waals surface area contributed by atoms with Crippen LogP contribution in [0.25, 0.3) is 0 Å². The lowest BCUT2D eigenvalue weighted by Crippen LogP contribution is -2.48. The van der Waals surface area contributed by atoms with Crippen molar-refractivity contribution in [1.29, 1.82) is 0 Å². The van der Waals surface area contributed by atoms with Gasteiger partial charge in [-0.15, -0.1) is 0 Å². The quantitative estimate of drug-likeness (QED) is 0.642. The van der Waals surface area contributed by atoms with Gasteiger partial charge < -0.3 is 14.4 Å². The fourth-order valence-electron chi connectivity index (χ4n) is 5.43. The third kappa shape index (κ3) is 4.20. The Hall–Kier alpha value is -1.90. The molecule has 176 valence electrons. The predicted molar refractivity (Wildman–Crippen MR) is 114 cm³/mol. The highest BCUT2D eigenvalue weighted by atomic mass is 19.4. The Bertz CT molecular complexity index is 914. The summed E-state index contributed by atoms with van der Waals surface area (Å²) in [6.45, 7) is 7.60. The predicted octanol–water partition coefficient (Wildman–Crippen LogP) is 4.15. The third-order valence-corrected chi connectivity index (χ3v) is 7.20. The first-order valence-corrected chi connectivity index (χ1v) is 11.3. The Kier molecular flexibility index (Phi) is 6.40. The SMILES string of the molecule is CCN1CCCC2(CC1)OC(=O)C(C)=C2C(OC)N1CCc2ccc(C(F)(F)F)cc2C1. The number of hydrogen-bond acceptors (Lipinski definition) is 5. The number of hydrogen-bond donors (Lipinski definition) is 0. The average molecular weight is 453 g/mol. The molecule has 3 heterocycles. The summed E-state index contributed by atoms with van der Waals surface area (Å²) in [6, 6.07) is 3.97. The lowest BCUT2D eigenvalue weighted by Gasteiger charge is -2.40. The fourth-order valence-corrected chi connectivity index (χ4v) is 5.43. The number of carbonyl (C=O) groups excluding carboxylic acids is 1. The molecule has 1 aromatic carbocycles. The van der Waals surface area contributed by atoms with Gasteiger partial charge in [-0.25, -0.2) is 4.79 Å². The van der Waals surface area contributed by atoms with Gasteiger partial charge in [-0.1, -0.05) is 13.0 Å². The number of esters is 1. The van der Waals surface area contributed by atoms with Gasteiger partial charge in [0, 0.05) is 44.3 Å². The van der Waals surface area contributed by atoms with Crippen LogP contribution in [0.5, 0.6) is 0 Å². The summed E-state index contributed by atoms with van der Waals surface area (Å²) in [7, 11) is 1.60. The van der Waals surface area contributed by atoms with E-state index in [-0.39, 0.29) is 5.97 Å². The van der Waals surface area contributed by atoms with Gasteiger partial charge in [0.25, 0.3) is 0 Å². The van der Waals surface area contributed by atoms with E-state index in [9.17, 15) is 18.0 Å². The van der Waals surface area contributed by atoms with Crippen molar-refractivity contribution in [3.63, 3.8) is 0 Å². The summed E-state index contributed by atoms with van der Waals surface area (Å²) in [5, 5.41) is 0. The zero-order valence-electron chi connectivity index (χ0n) is 18.9. The molecule has 4 rings (SSSR count). The number of carbonyl (C=O) groups is 1. The molecule has 32 heavy (non-hydrogen) atoms. The van der Waals surface area contributed by atoms with Crippen LogP contribution in [0.15, 0.2) is 29.3 Å². The minimum atomic E-state index is -4.38. The van der Waals surface area contributed by atoms with Crippen molar-refractivity contribution in [3.05, 3.63) is 46.0 Å². The molecular formula is C24H31F3N2O3. The molecular weight excluding hydrogens is 421 g/mol. The first-order chi connectivity index (χ1) is 15.2. The van der Waals surface area contributed by atoms with Crippen molar-refractivity contribution < 1.29 is 27.4 Å². The van der Waals surface area contributed by atoms with Crippen molar-refractivity contribution in [2.75, 3.05) is 33.3 Å². The van der Waals surface area contributed by atoms with E-state index in [0.29, 0.717) is 37.1 Å². The largest absolute Gasteiger partial charge is 0.451 e. The van der Waals surface area contributed by atoms with Gasteiger partial charge in [-0.3, -0.25) is 4.90 Å². The van der Waals surface area contributed by atoms with Crippen LogP contribution in [0.3, 0.4) is 0 Å². The Morgan fingerprint density at radius 1 is 1.19 bits per heavy atom. The van der Waals surface area contributed by atoms with Gasteiger partial charge in [-0.2, -0.15) is 13.2 Å². The van der Waals surface area contributed by atoms with Crippen LogP contribution in [-0.4, -0.2) is 60.9 Å². The van der Waals surface area contributed by atoms with Gasteiger partial charge in [0.2, 0.25) is 0 Å². The molecule has 0 bridgehead atoms. The highest BCUT2D eigenvalue weighted by molar-refractivity contribution is 5.92. The molecule has 3 aliphatic rings. The maximum atomic E-state index is 13.3. The number of nitrogens with zero attached hydrogens (tertiary/aromatic N) is 2. The average Bonchev–Trinajstić information content (AvgIpc) is 2.90. The van der Waals surface area contributed by atoms with Crippen LogP contribution in [0.1, 0.15) is 49.8 Å². The molecule has 2 atom stereocenters. The standard InChI is InChI=1S/C24H31F3N2O3/c1-4-28-11-5-9-23(10-13-28)20(16(2)22(30)32-23)21(31-3)29-12-8-17-6-7-19(24(25,26)27)14-18(17)15-29/h6-7,14,21H,4-5,8-13,15H2,1-3H3. The number of halogens is 3. The summed E-state index contributed by atoms with van der Waals surface area (Å²) in [5.74, 6) is -0.316. The van der Waals surface area contributed by atoms with Crippen molar-refractivity contribution in [3.8, 4) is 0 Å². The van der Waals surface area contributed by atoms with Crippen molar-refractivity contribution in [2.45, 2.75) is 64.1 Å². The summed E-state index contributed by atoms with van der Waals surface area (Å²) in [5.41, 5.74) is 1.65. The molecule has 0 N–H and O–H groups in total. The monoisotopic (exact) mass is 452 g/mol. The number of alkyl halides is 3. The molecule has 2 unspecified atom stereocenters. The molecule has 1 saturated heterocycles. The van der Waals surface area contributed by atoms with E-state index in [4.69, 9.17) is 9.47 Å². The van der Waals surface area contributed by atoms with Crippen molar-refractivity contribution in [1.82, 2.24) is 9.80 Å². The number of rotatable bonds is 4. The maximum Gasteiger partial charge on any atom is 0.416 e. The molecule has 0 aromatic heterocycles. The number of ether oxygens (including phenoxy) is 2. The number of likely N-dealkylation sites (tertiary alicyclic amines) is 1. The van der Waals surface area contributed by atoms with Gasteiger partial charge >= 0.3 is 12.1 Å². The number of methoxy groups -OCH3 is 1. The maximum absolute atomic E-state index is 13.3. The lowest BCUT2D eigenvalue weighted by atomic mass is 9.83. The Balaban J connectivity index is 1.65. The molecule has 5 nitrogen and oxygen atoms in total. The Morgan fingerprint density at radius 3 is 2.66 bits per heavy atom. The van der Waals surface area contributed by atoms with Crippen LogP contribution in [-0.2, 0) is 33.4 Å². The molecule has 1 aromatic rings. The second kappa shape index (κ2) is 8.80. The van der Waals surface area contributed by atoms with E-state index in [2.05, 4.69) is 11.8 Å². The molecule has 0 amide bonds. The second-order valence-electron chi connectivity index (χ2n) is 9.00. The van der Waals surface area contributed by atoms with E-state index in [1.807, 2.05) is 4.90 Å². The summed E-state index contributed by atoms with van der Waals surface area (Å²) < 4.78 is 51.7. The van der Waals surface area contributed by atoms with Crippen LogP contribution in [0, 0.1) is 0 Å². The van der Waals surface area contributed by atoms with Crippen LogP contribution in [0.4, 0.5) is 13.2 Å². The lowest BCUT2D eigenvalue weighted by molar-refractivity contribution is -0.149.